The highest BCUT2D eigenvalue weighted by Gasteiger charge is 2.33. The number of benzene rings is 2. The number of halogens is 1. The maximum atomic E-state index is 12.4. The number of carbonyl (C=O) groups excluding carboxylic acids is 2. The molecule has 2 atom stereocenters. The summed E-state index contributed by atoms with van der Waals surface area (Å²) in [6, 6.07) is 9.19. The number of carbonyl (C=O) groups is 2. The van der Waals surface area contributed by atoms with Gasteiger partial charge >= 0.3 is 5.97 Å². The summed E-state index contributed by atoms with van der Waals surface area (Å²) >= 11 is 5.87. The van der Waals surface area contributed by atoms with Gasteiger partial charge in [-0.1, -0.05) is 41.9 Å². The number of ether oxygens (including phenoxy) is 1. The van der Waals surface area contributed by atoms with Crippen LogP contribution in [0.15, 0.2) is 47.4 Å². The zero-order chi connectivity index (χ0) is 21.8. The fourth-order valence-corrected chi connectivity index (χ4v) is 3.64. The Morgan fingerprint density at radius 3 is 2.34 bits per heavy atom. The van der Waals surface area contributed by atoms with Crippen molar-refractivity contribution in [2.75, 3.05) is 0 Å². The zero-order valence-corrected chi connectivity index (χ0v) is 16.6. The molecule has 29 heavy (non-hydrogen) atoms. The number of amides is 1. The lowest BCUT2D eigenvalue weighted by Crippen LogP contribution is -2.40. The van der Waals surface area contributed by atoms with Gasteiger partial charge in [0.1, 0.15) is 23.3 Å². The summed E-state index contributed by atoms with van der Waals surface area (Å²) in [6.07, 6.45) is -0.513. The second-order valence-electron chi connectivity index (χ2n) is 6.21. The van der Waals surface area contributed by atoms with E-state index in [1.807, 2.05) is 0 Å². The van der Waals surface area contributed by atoms with Gasteiger partial charge in [-0.3, -0.25) is 14.1 Å². The molecule has 1 unspecified atom stereocenters. The molecular formula is C18H19ClN2O7S. The lowest BCUT2D eigenvalue weighted by molar-refractivity contribution is -0.147. The van der Waals surface area contributed by atoms with Crippen molar-refractivity contribution >= 4 is 33.6 Å². The first-order chi connectivity index (χ1) is 13.5. The van der Waals surface area contributed by atoms with Crippen molar-refractivity contribution in [1.82, 2.24) is 0 Å². The monoisotopic (exact) mass is 442 g/mol. The Morgan fingerprint density at radius 2 is 1.79 bits per heavy atom. The number of aromatic hydroxyl groups is 1. The Balaban J connectivity index is 2.37. The summed E-state index contributed by atoms with van der Waals surface area (Å²) in [6.45, 7) is -0.0888. The van der Waals surface area contributed by atoms with E-state index in [1.165, 1.54) is 0 Å². The number of hydrogen-bond acceptors (Lipinski definition) is 7. The van der Waals surface area contributed by atoms with Crippen LogP contribution in [0.25, 0.3) is 0 Å². The van der Waals surface area contributed by atoms with Gasteiger partial charge in [0.05, 0.1) is 0 Å². The van der Waals surface area contributed by atoms with Gasteiger partial charge in [-0.15, -0.1) is 0 Å². The topological polar surface area (TPSA) is 170 Å². The molecule has 6 N–H and O–H groups in total. The molecule has 0 aliphatic heterocycles. The standard InChI is InChI=1S/C18H19ClN2O7S/c19-11-6-13(17(23)14(7-11)29(25,26)27)12(8-15(20)22)16(21)18(24)28-9-10-4-2-1-3-5-10/h1-7,12,16,23H,8-9,21H2,(H2,20,22)(H,25,26,27)/t12?,16-/m0/s1. The van der Waals surface area contributed by atoms with Crippen molar-refractivity contribution in [2.45, 2.75) is 29.9 Å². The molecular weight excluding hydrogens is 424 g/mol. The van der Waals surface area contributed by atoms with Gasteiger partial charge in [-0.2, -0.15) is 8.42 Å². The van der Waals surface area contributed by atoms with Gasteiger partial charge in [0.15, 0.2) is 0 Å². The molecule has 0 saturated heterocycles. The molecule has 0 aliphatic rings. The molecule has 0 fully saturated rings. The van der Waals surface area contributed by atoms with E-state index in [9.17, 15) is 27.7 Å². The number of primary amides is 1. The molecule has 9 nitrogen and oxygen atoms in total. The van der Waals surface area contributed by atoms with Gasteiger partial charge in [0, 0.05) is 22.9 Å². The van der Waals surface area contributed by atoms with E-state index in [-0.39, 0.29) is 17.2 Å². The van der Waals surface area contributed by atoms with Crippen LogP contribution in [0.4, 0.5) is 0 Å². The lowest BCUT2D eigenvalue weighted by Gasteiger charge is -2.23. The second-order valence-corrected chi connectivity index (χ2v) is 8.04. The van der Waals surface area contributed by atoms with E-state index in [4.69, 9.17) is 27.8 Å². The van der Waals surface area contributed by atoms with Crippen molar-refractivity contribution in [3.05, 3.63) is 58.6 Å². The Morgan fingerprint density at radius 1 is 1.17 bits per heavy atom. The molecule has 2 aromatic rings. The summed E-state index contributed by atoms with van der Waals surface area (Å²) in [5.74, 6) is -3.92. The molecule has 0 heterocycles. The minimum Gasteiger partial charge on any atom is -0.506 e. The first kappa shape index (κ1) is 22.6. The molecule has 0 spiro atoms. The fraction of sp³-hybridized carbons (Fsp3) is 0.222. The number of esters is 1. The number of phenolic OH excluding ortho intramolecular Hbond substituents is 1. The third kappa shape index (κ3) is 5.91. The Kier molecular flexibility index (Phi) is 7.20. The molecule has 2 aromatic carbocycles. The third-order valence-corrected chi connectivity index (χ3v) is 5.18. The van der Waals surface area contributed by atoms with Crippen LogP contribution >= 0.6 is 11.6 Å². The minimum atomic E-state index is -4.84. The van der Waals surface area contributed by atoms with E-state index in [0.29, 0.717) is 5.56 Å². The van der Waals surface area contributed by atoms with Crippen LogP contribution in [0.3, 0.4) is 0 Å². The van der Waals surface area contributed by atoms with Crippen molar-refractivity contribution in [2.24, 2.45) is 11.5 Å². The normalized spacial score (nSPS) is 13.5. The Hall–Kier alpha value is -2.66. The highest BCUT2D eigenvalue weighted by Crippen LogP contribution is 2.38. The zero-order valence-electron chi connectivity index (χ0n) is 15.0. The van der Waals surface area contributed by atoms with Crippen molar-refractivity contribution in [3.63, 3.8) is 0 Å². The largest absolute Gasteiger partial charge is 0.506 e. The number of hydrogen-bond donors (Lipinski definition) is 4. The summed E-state index contributed by atoms with van der Waals surface area (Å²) in [5.41, 5.74) is 11.6. The van der Waals surface area contributed by atoms with Crippen LogP contribution < -0.4 is 11.5 Å². The van der Waals surface area contributed by atoms with Gasteiger partial charge in [-0.05, 0) is 17.7 Å². The SMILES string of the molecule is NC(=O)CC(c1cc(Cl)cc(S(=O)(=O)O)c1O)[C@H](N)C(=O)OCc1ccccc1. The number of phenols is 1. The van der Waals surface area contributed by atoms with E-state index in [2.05, 4.69) is 0 Å². The van der Waals surface area contributed by atoms with Crippen LogP contribution in [0.2, 0.25) is 5.02 Å². The van der Waals surface area contributed by atoms with Gasteiger partial charge < -0.3 is 21.3 Å². The molecule has 2 rings (SSSR count). The summed E-state index contributed by atoms with van der Waals surface area (Å²) in [5, 5.41) is 10.1. The molecule has 1 amide bonds. The number of rotatable bonds is 8. The summed E-state index contributed by atoms with van der Waals surface area (Å²) in [4.78, 5) is 23.0. The average Bonchev–Trinajstić information content (AvgIpc) is 2.65. The minimum absolute atomic E-state index is 0.0888. The van der Waals surface area contributed by atoms with E-state index < -0.39 is 51.0 Å². The molecule has 0 radical (unpaired) electrons. The van der Waals surface area contributed by atoms with Crippen molar-refractivity contribution in [3.8, 4) is 5.75 Å². The van der Waals surface area contributed by atoms with Crippen LogP contribution in [0, 0.1) is 0 Å². The molecule has 11 heteroatoms. The van der Waals surface area contributed by atoms with Gasteiger partial charge in [0.2, 0.25) is 5.91 Å². The second kappa shape index (κ2) is 9.23. The molecule has 156 valence electrons. The Bertz CT molecular complexity index is 1010. The summed E-state index contributed by atoms with van der Waals surface area (Å²) < 4.78 is 37.4. The third-order valence-electron chi connectivity index (χ3n) is 4.10. The highest BCUT2D eigenvalue weighted by molar-refractivity contribution is 7.86. The fourth-order valence-electron chi connectivity index (χ4n) is 2.71. The maximum absolute atomic E-state index is 12.4. The van der Waals surface area contributed by atoms with Gasteiger partial charge in [-0.25, -0.2) is 0 Å². The molecule has 0 aromatic heterocycles. The van der Waals surface area contributed by atoms with E-state index >= 15 is 0 Å². The molecule has 0 saturated carbocycles. The number of nitrogens with two attached hydrogens (primary N) is 2. The van der Waals surface area contributed by atoms with Crippen LogP contribution in [-0.4, -0.2) is 36.0 Å². The van der Waals surface area contributed by atoms with Gasteiger partial charge in [0.25, 0.3) is 10.1 Å². The predicted molar refractivity (Wildman–Crippen MR) is 104 cm³/mol. The van der Waals surface area contributed by atoms with E-state index in [1.54, 1.807) is 30.3 Å². The first-order valence-electron chi connectivity index (χ1n) is 8.25. The van der Waals surface area contributed by atoms with E-state index in [0.717, 1.165) is 12.1 Å². The maximum Gasteiger partial charge on any atom is 0.323 e. The first-order valence-corrected chi connectivity index (χ1v) is 10.1. The lowest BCUT2D eigenvalue weighted by atomic mass is 9.88. The van der Waals surface area contributed by atoms with Crippen molar-refractivity contribution < 1.29 is 32.4 Å². The Labute approximate surface area is 172 Å². The average molecular weight is 443 g/mol. The highest BCUT2D eigenvalue weighted by atomic mass is 35.5. The van der Waals surface area contributed by atoms with Crippen LogP contribution in [0.5, 0.6) is 5.75 Å². The predicted octanol–water partition coefficient (Wildman–Crippen LogP) is 1.32. The van der Waals surface area contributed by atoms with Crippen LogP contribution in [0.1, 0.15) is 23.5 Å². The smallest absolute Gasteiger partial charge is 0.323 e. The van der Waals surface area contributed by atoms with Crippen molar-refractivity contribution in [1.29, 1.82) is 0 Å². The summed E-state index contributed by atoms with van der Waals surface area (Å²) in [7, 11) is -4.84. The molecule has 0 aliphatic carbocycles. The molecule has 0 bridgehead atoms. The van der Waals surface area contributed by atoms with Crippen LogP contribution in [-0.2, 0) is 31.1 Å². The quantitative estimate of drug-likeness (QED) is 0.350.